The van der Waals surface area contributed by atoms with E-state index in [1.807, 2.05) is 0 Å². The first-order chi connectivity index (χ1) is 14.6. The van der Waals surface area contributed by atoms with E-state index in [1.54, 1.807) is 42.5 Å². The smallest absolute Gasteiger partial charge is 0.261 e. The second-order valence-corrected chi connectivity index (χ2v) is 10.3. The summed E-state index contributed by atoms with van der Waals surface area (Å²) < 4.78 is 33.4. The lowest BCUT2D eigenvalue weighted by Crippen LogP contribution is -2.58. The molecule has 0 radical (unpaired) electrons. The molecule has 2 aromatic carbocycles. The highest BCUT2D eigenvalue weighted by molar-refractivity contribution is 7.92. The van der Waals surface area contributed by atoms with E-state index in [4.69, 9.17) is 4.74 Å². The minimum absolute atomic E-state index is 0.146. The number of amides is 1. The van der Waals surface area contributed by atoms with Crippen LogP contribution in [0, 0.1) is 0 Å². The van der Waals surface area contributed by atoms with E-state index in [9.17, 15) is 13.2 Å². The van der Waals surface area contributed by atoms with Crippen LogP contribution in [-0.4, -0.2) is 56.6 Å². The van der Waals surface area contributed by atoms with Crippen molar-refractivity contribution in [3.63, 3.8) is 0 Å². The Labute approximate surface area is 184 Å². The van der Waals surface area contributed by atoms with Gasteiger partial charge >= 0.3 is 0 Å². The van der Waals surface area contributed by atoms with Gasteiger partial charge < -0.3 is 10.1 Å². The number of nitrogens with one attached hydrogen (secondary N) is 2. The van der Waals surface area contributed by atoms with Crippen molar-refractivity contribution >= 4 is 21.6 Å². The number of rotatable bonds is 7. The van der Waals surface area contributed by atoms with Crippen LogP contribution in [0.15, 0.2) is 59.5 Å². The van der Waals surface area contributed by atoms with Crippen LogP contribution in [-0.2, 0) is 14.8 Å². The van der Waals surface area contributed by atoms with Crippen molar-refractivity contribution in [1.82, 2.24) is 10.2 Å². The summed E-state index contributed by atoms with van der Waals surface area (Å²) in [6.45, 7) is 10.4. The molecule has 2 atom stereocenters. The number of ether oxygens (including phenoxy) is 1. The first-order valence-electron chi connectivity index (χ1n) is 10.4. The molecule has 0 unspecified atom stereocenters. The van der Waals surface area contributed by atoms with Gasteiger partial charge in [-0.25, -0.2) is 8.42 Å². The van der Waals surface area contributed by atoms with E-state index in [2.05, 4.69) is 42.6 Å². The van der Waals surface area contributed by atoms with E-state index in [0.29, 0.717) is 17.8 Å². The molecule has 0 aliphatic carbocycles. The molecule has 0 saturated carbocycles. The molecule has 1 heterocycles. The molecule has 0 aromatic heterocycles. The van der Waals surface area contributed by atoms with Crippen molar-refractivity contribution in [1.29, 1.82) is 0 Å². The molecule has 1 aliphatic rings. The molecule has 7 nitrogen and oxygen atoms in total. The van der Waals surface area contributed by atoms with Crippen molar-refractivity contribution in [2.75, 3.05) is 24.4 Å². The fourth-order valence-corrected chi connectivity index (χ4v) is 4.79. The van der Waals surface area contributed by atoms with Gasteiger partial charge in [0.25, 0.3) is 15.9 Å². The third-order valence-corrected chi connectivity index (χ3v) is 6.78. The second-order valence-electron chi connectivity index (χ2n) is 8.66. The van der Waals surface area contributed by atoms with Crippen LogP contribution in [0.2, 0.25) is 0 Å². The van der Waals surface area contributed by atoms with Crippen LogP contribution in [0.25, 0.3) is 0 Å². The van der Waals surface area contributed by atoms with E-state index >= 15 is 0 Å². The van der Waals surface area contributed by atoms with Gasteiger partial charge in [-0.2, -0.15) is 0 Å². The highest BCUT2D eigenvalue weighted by atomic mass is 32.2. The van der Waals surface area contributed by atoms with Crippen molar-refractivity contribution in [2.24, 2.45) is 0 Å². The Bertz CT molecular complexity index is 998. The Morgan fingerprint density at radius 2 is 1.71 bits per heavy atom. The predicted octanol–water partition coefficient (Wildman–Crippen LogP) is 3.11. The van der Waals surface area contributed by atoms with Gasteiger partial charge in [-0.05, 0) is 58.0 Å². The van der Waals surface area contributed by atoms with Crippen LogP contribution in [0.1, 0.15) is 38.1 Å². The van der Waals surface area contributed by atoms with Crippen LogP contribution in [0.3, 0.4) is 0 Å². The summed E-state index contributed by atoms with van der Waals surface area (Å²) in [6.07, 6.45) is 0.293. The fraction of sp³-hybridized carbons (Fsp3) is 0.435. The van der Waals surface area contributed by atoms with Gasteiger partial charge in [0.05, 0.1) is 17.1 Å². The number of carbonyl (C=O) groups is 1. The van der Waals surface area contributed by atoms with Gasteiger partial charge in [0.2, 0.25) is 0 Å². The van der Waals surface area contributed by atoms with E-state index in [0.717, 1.165) is 13.1 Å². The number of anilines is 1. The molecule has 2 aromatic rings. The number of hydrogen-bond donors (Lipinski definition) is 2. The molecule has 1 amide bonds. The van der Waals surface area contributed by atoms with Gasteiger partial charge in [0.1, 0.15) is 0 Å². The maximum atomic E-state index is 12.8. The Morgan fingerprint density at radius 1 is 1.06 bits per heavy atom. The largest absolute Gasteiger partial charge is 0.373 e. The van der Waals surface area contributed by atoms with Gasteiger partial charge in [0, 0.05) is 36.4 Å². The molecular formula is C23H31N3O4S. The molecule has 1 saturated heterocycles. The van der Waals surface area contributed by atoms with E-state index in [1.165, 1.54) is 12.1 Å². The molecule has 1 aliphatic heterocycles. The number of sulfonamides is 1. The predicted molar refractivity (Wildman–Crippen MR) is 122 cm³/mol. The van der Waals surface area contributed by atoms with Crippen molar-refractivity contribution < 1.29 is 17.9 Å². The zero-order valence-corrected chi connectivity index (χ0v) is 19.3. The number of hydrogen-bond acceptors (Lipinski definition) is 5. The van der Waals surface area contributed by atoms with Crippen LogP contribution in [0.5, 0.6) is 0 Å². The molecule has 1 fully saturated rings. The maximum Gasteiger partial charge on any atom is 0.261 e. The standard InChI is InChI=1S/C23H31N3O4S/c1-17-14-26(15-18(2)30-17)23(3,4)16-24-22(27)19-9-8-10-20(13-19)25-31(28,29)21-11-6-5-7-12-21/h5-13,17-18,25H,14-16H2,1-4H3,(H,24,27)/t17-,18-/m0/s1. The van der Waals surface area contributed by atoms with E-state index in [-0.39, 0.29) is 28.5 Å². The topological polar surface area (TPSA) is 87.7 Å². The minimum Gasteiger partial charge on any atom is -0.373 e. The summed E-state index contributed by atoms with van der Waals surface area (Å²) in [5.74, 6) is -0.247. The Balaban J connectivity index is 1.65. The average Bonchev–Trinajstić information content (AvgIpc) is 2.72. The summed E-state index contributed by atoms with van der Waals surface area (Å²) >= 11 is 0. The lowest BCUT2D eigenvalue weighted by molar-refractivity contribution is -0.0948. The first-order valence-corrected chi connectivity index (χ1v) is 11.9. The van der Waals surface area contributed by atoms with Crippen LogP contribution >= 0.6 is 0 Å². The Morgan fingerprint density at radius 3 is 2.35 bits per heavy atom. The van der Waals surface area contributed by atoms with Gasteiger partial charge in [-0.1, -0.05) is 24.3 Å². The monoisotopic (exact) mass is 445 g/mol. The summed E-state index contributed by atoms with van der Waals surface area (Å²) in [5, 5.41) is 2.99. The SMILES string of the molecule is C[C@H]1CN(C(C)(C)CNC(=O)c2cccc(NS(=O)(=O)c3ccccc3)c2)C[C@H](C)O1. The molecule has 8 heteroatoms. The molecule has 0 bridgehead atoms. The summed E-state index contributed by atoms with van der Waals surface area (Å²) in [7, 11) is -3.72. The maximum absolute atomic E-state index is 12.8. The minimum atomic E-state index is -3.72. The third-order valence-electron chi connectivity index (χ3n) is 5.39. The third kappa shape index (κ3) is 6.06. The molecule has 3 rings (SSSR count). The molecule has 2 N–H and O–H groups in total. The Kier molecular flexibility index (Phi) is 7.03. The average molecular weight is 446 g/mol. The number of carbonyl (C=O) groups excluding carboxylic acids is 1. The normalized spacial score (nSPS) is 20.3. The van der Waals surface area contributed by atoms with Crippen molar-refractivity contribution in [3.8, 4) is 0 Å². The van der Waals surface area contributed by atoms with Gasteiger partial charge in [-0.3, -0.25) is 14.4 Å². The summed E-state index contributed by atoms with van der Waals surface area (Å²) in [4.78, 5) is 15.3. The van der Waals surface area contributed by atoms with Gasteiger partial charge in [-0.15, -0.1) is 0 Å². The van der Waals surface area contributed by atoms with E-state index < -0.39 is 10.0 Å². The zero-order valence-electron chi connectivity index (χ0n) is 18.5. The van der Waals surface area contributed by atoms with Crippen molar-refractivity contribution in [2.45, 2.75) is 50.3 Å². The quantitative estimate of drug-likeness (QED) is 0.684. The summed E-state index contributed by atoms with van der Waals surface area (Å²) in [6, 6.07) is 14.6. The number of morpholine rings is 1. The molecule has 168 valence electrons. The number of benzene rings is 2. The highest BCUT2D eigenvalue weighted by Gasteiger charge is 2.33. The number of nitrogens with zero attached hydrogens (tertiary/aromatic N) is 1. The lowest BCUT2D eigenvalue weighted by atomic mass is 10.00. The second kappa shape index (κ2) is 9.38. The molecule has 31 heavy (non-hydrogen) atoms. The van der Waals surface area contributed by atoms with Crippen LogP contribution in [0.4, 0.5) is 5.69 Å². The van der Waals surface area contributed by atoms with Gasteiger partial charge in [0.15, 0.2) is 0 Å². The summed E-state index contributed by atoms with van der Waals surface area (Å²) in [5.41, 5.74) is 0.494. The van der Waals surface area contributed by atoms with Crippen LogP contribution < -0.4 is 10.0 Å². The molecule has 0 spiro atoms. The Hall–Kier alpha value is -2.42. The lowest BCUT2D eigenvalue weighted by Gasteiger charge is -2.45. The fourth-order valence-electron chi connectivity index (χ4n) is 3.72. The highest BCUT2D eigenvalue weighted by Crippen LogP contribution is 2.21. The first kappa shape index (κ1) is 23.2. The van der Waals surface area contributed by atoms with Crippen molar-refractivity contribution in [3.05, 3.63) is 60.2 Å². The zero-order chi connectivity index (χ0) is 22.6. The molecular weight excluding hydrogens is 414 g/mol.